The van der Waals surface area contributed by atoms with Crippen molar-refractivity contribution in [3.8, 4) is 0 Å². The molecule has 0 saturated heterocycles. The van der Waals surface area contributed by atoms with Gasteiger partial charge in [0.25, 0.3) is 0 Å². The third-order valence-electron chi connectivity index (χ3n) is 3.51. The average molecular weight is 313 g/mol. The average Bonchev–Trinajstić information content (AvgIpc) is 3.06. The molecule has 0 spiro atoms. The number of ether oxygens (including phenoxy) is 1. The zero-order valence-corrected chi connectivity index (χ0v) is 12.8. The number of carbonyl (C=O) groups is 2. The van der Waals surface area contributed by atoms with Crippen LogP contribution in [0.5, 0.6) is 0 Å². The molecule has 116 valence electrons. The number of rotatable bonds is 5. The number of aromatic carboxylic acids is 1. The van der Waals surface area contributed by atoms with Crippen LogP contribution >= 0.6 is 11.3 Å². The van der Waals surface area contributed by atoms with Crippen molar-refractivity contribution < 1.29 is 19.4 Å². The molecule has 1 aromatic rings. The van der Waals surface area contributed by atoms with Gasteiger partial charge in [0.1, 0.15) is 5.01 Å². The normalized spacial score (nSPS) is 22.8. The molecule has 8 heteroatoms. The number of amides is 2. The number of carbonyl (C=O) groups excluding carboxylic acids is 1. The molecule has 3 N–H and O–H groups in total. The van der Waals surface area contributed by atoms with Gasteiger partial charge in [0.15, 0.2) is 5.69 Å². The van der Waals surface area contributed by atoms with Crippen molar-refractivity contribution in [2.45, 2.75) is 44.4 Å². The van der Waals surface area contributed by atoms with E-state index in [0.29, 0.717) is 5.01 Å². The predicted octanol–water partition coefficient (Wildman–Crippen LogP) is 1.77. The Hall–Kier alpha value is -1.67. The summed E-state index contributed by atoms with van der Waals surface area (Å²) in [5.74, 6) is -1.06. The van der Waals surface area contributed by atoms with E-state index >= 15 is 0 Å². The lowest BCUT2D eigenvalue weighted by Gasteiger charge is -2.16. The first-order valence-corrected chi connectivity index (χ1v) is 7.66. The zero-order chi connectivity index (χ0) is 15.4. The number of nitrogens with zero attached hydrogens (tertiary/aromatic N) is 1. The third kappa shape index (κ3) is 4.15. The van der Waals surface area contributed by atoms with Crippen molar-refractivity contribution >= 4 is 23.3 Å². The molecule has 0 aliphatic heterocycles. The Morgan fingerprint density at radius 1 is 1.52 bits per heavy atom. The molecule has 0 aromatic carbocycles. The van der Waals surface area contributed by atoms with Gasteiger partial charge in [-0.15, -0.1) is 11.3 Å². The monoisotopic (exact) mass is 313 g/mol. The maximum absolute atomic E-state index is 11.9. The summed E-state index contributed by atoms with van der Waals surface area (Å²) in [6.45, 7) is 1.77. The minimum Gasteiger partial charge on any atom is -0.476 e. The zero-order valence-electron chi connectivity index (χ0n) is 12.0. The van der Waals surface area contributed by atoms with E-state index in [9.17, 15) is 9.59 Å². The van der Waals surface area contributed by atoms with Gasteiger partial charge in [-0.2, -0.15) is 0 Å². The fourth-order valence-electron chi connectivity index (χ4n) is 2.36. The van der Waals surface area contributed by atoms with Crippen molar-refractivity contribution in [3.05, 3.63) is 16.1 Å². The number of thiazole rings is 1. The number of carboxylic acids is 1. The number of aromatic nitrogens is 1. The molecular formula is C13H19N3O4S. The van der Waals surface area contributed by atoms with Crippen LogP contribution in [0.3, 0.4) is 0 Å². The van der Waals surface area contributed by atoms with Gasteiger partial charge in [-0.05, 0) is 26.2 Å². The van der Waals surface area contributed by atoms with E-state index in [2.05, 4.69) is 15.6 Å². The maximum atomic E-state index is 11.9. The van der Waals surface area contributed by atoms with Crippen LogP contribution < -0.4 is 10.6 Å². The standard InChI is InChI=1S/C13H19N3O4S/c1-7(11-16-10(6-21-11)12(17)18)14-13(19)15-8-3-4-9(5-8)20-2/h6-9H,3-5H2,1-2H3,(H,17,18)(H2,14,15,19). The number of hydrogen-bond donors (Lipinski definition) is 3. The van der Waals surface area contributed by atoms with Crippen molar-refractivity contribution in [2.24, 2.45) is 0 Å². The summed E-state index contributed by atoms with van der Waals surface area (Å²) in [5.41, 5.74) is 0.00258. The van der Waals surface area contributed by atoms with Crippen molar-refractivity contribution in [2.75, 3.05) is 7.11 Å². The largest absolute Gasteiger partial charge is 0.476 e. The number of hydrogen-bond acceptors (Lipinski definition) is 5. The minimum absolute atomic E-state index is 0.00258. The van der Waals surface area contributed by atoms with E-state index in [1.165, 1.54) is 16.7 Å². The molecule has 7 nitrogen and oxygen atoms in total. The number of methoxy groups -OCH3 is 1. The van der Waals surface area contributed by atoms with E-state index in [1.807, 2.05) is 0 Å². The summed E-state index contributed by atoms with van der Waals surface area (Å²) in [6, 6.07) is -0.480. The van der Waals surface area contributed by atoms with E-state index in [4.69, 9.17) is 9.84 Å². The molecule has 21 heavy (non-hydrogen) atoms. The second-order valence-corrected chi connectivity index (χ2v) is 5.97. The molecule has 3 unspecified atom stereocenters. The molecular weight excluding hydrogens is 294 g/mol. The molecule has 1 aromatic heterocycles. The molecule has 0 bridgehead atoms. The molecule has 0 radical (unpaired) electrons. The van der Waals surface area contributed by atoms with Gasteiger partial charge >= 0.3 is 12.0 Å². The third-order valence-corrected chi connectivity index (χ3v) is 4.54. The molecule has 1 aliphatic rings. The van der Waals surface area contributed by atoms with Crippen molar-refractivity contribution in [3.63, 3.8) is 0 Å². The highest BCUT2D eigenvalue weighted by atomic mass is 32.1. The second kappa shape index (κ2) is 6.86. The summed E-state index contributed by atoms with van der Waals surface area (Å²) >= 11 is 1.22. The van der Waals surface area contributed by atoms with Gasteiger partial charge in [-0.25, -0.2) is 14.6 Å². The summed E-state index contributed by atoms with van der Waals surface area (Å²) < 4.78 is 5.26. The first kappa shape index (κ1) is 15.7. The van der Waals surface area contributed by atoms with Gasteiger partial charge in [-0.1, -0.05) is 0 Å². The number of nitrogens with one attached hydrogen (secondary N) is 2. The highest BCUT2D eigenvalue weighted by Crippen LogP contribution is 2.22. The van der Waals surface area contributed by atoms with Crippen LogP contribution in [0.25, 0.3) is 0 Å². The summed E-state index contributed by atoms with van der Waals surface area (Å²) in [4.78, 5) is 26.7. The SMILES string of the molecule is COC1CCC(NC(=O)NC(C)c2nc(C(=O)O)cs2)C1. The molecule has 3 atom stereocenters. The molecule has 2 amide bonds. The Labute approximate surface area is 126 Å². The van der Waals surface area contributed by atoms with Gasteiger partial charge in [0.2, 0.25) is 0 Å². The Morgan fingerprint density at radius 2 is 2.29 bits per heavy atom. The Bertz CT molecular complexity index is 519. The fourth-order valence-corrected chi connectivity index (χ4v) is 3.16. The lowest BCUT2D eigenvalue weighted by molar-refractivity contribution is 0.0691. The lowest BCUT2D eigenvalue weighted by atomic mass is 10.2. The van der Waals surface area contributed by atoms with Crippen LogP contribution in [0.4, 0.5) is 4.79 Å². The topological polar surface area (TPSA) is 101 Å². The van der Waals surface area contributed by atoms with Crippen molar-refractivity contribution in [1.29, 1.82) is 0 Å². The number of carboxylic acid groups (broad SMARTS) is 1. The Kier molecular flexibility index (Phi) is 5.13. The molecule has 2 rings (SSSR count). The van der Waals surface area contributed by atoms with E-state index in [-0.39, 0.29) is 29.9 Å². The minimum atomic E-state index is -1.06. The highest BCUT2D eigenvalue weighted by molar-refractivity contribution is 7.09. The van der Waals surface area contributed by atoms with Crippen LogP contribution in [-0.4, -0.2) is 41.3 Å². The van der Waals surface area contributed by atoms with Crippen LogP contribution in [-0.2, 0) is 4.74 Å². The maximum Gasteiger partial charge on any atom is 0.355 e. The van der Waals surface area contributed by atoms with Crippen LogP contribution in [0.1, 0.15) is 47.7 Å². The van der Waals surface area contributed by atoms with Crippen LogP contribution in [0.15, 0.2) is 5.38 Å². The summed E-state index contributed by atoms with van der Waals surface area (Å²) in [6.07, 6.45) is 2.88. The molecule has 1 fully saturated rings. The molecule has 1 saturated carbocycles. The predicted molar refractivity (Wildman–Crippen MR) is 77.6 cm³/mol. The van der Waals surface area contributed by atoms with E-state index in [1.54, 1.807) is 14.0 Å². The first-order chi connectivity index (χ1) is 9.99. The first-order valence-electron chi connectivity index (χ1n) is 6.78. The summed E-state index contributed by atoms with van der Waals surface area (Å²) in [5, 5.41) is 16.5. The van der Waals surface area contributed by atoms with Gasteiger partial charge in [0, 0.05) is 18.5 Å². The van der Waals surface area contributed by atoms with Gasteiger partial charge < -0.3 is 20.5 Å². The van der Waals surface area contributed by atoms with Gasteiger partial charge in [0.05, 0.1) is 12.1 Å². The smallest absolute Gasteiger partial charge is 0.355 e. The summed E-state index contributed by atoms with van der Waals surface area (Å²) in [7, 11) is 1.68. The van der Waals surface area contributed by atoms with E-state index < -0.39 is 5.97 Å². The lowest BCUT2D eigenvalue weighted by Crippen LogP contribution is -2.42. The van der Waals surface area contributed by atoms with Crippen LogP contribution in [0, 0.1) is 0 Å². The quantitative estimate of drug-likeness (QED) is 0.769. The molecule has 1 heterocycles. The van der Waals surface area contributed by atoms with Crippen LogP contribution in [0.2, 0.25) is 0 Å². The second-order valence-electron chi connectivity index (χ2n) is 5.08. The highest BCUT2D eigenvalue weighted by Gasteiger charge is 2.26. The Morgan fingerprint density at radius 3 is 2.86 bits per heavy atom. The molecule has 1 aliphatic carbocycles. The van der Waals surface area contributed by atoms with Crippen molar-refractivity contribution in [1.82, 2.24) is 15.6 Å². The van der Waals surface area contributed by atoms with Gasteiger partial charge in [-0.3, -0.25) is 0 Å². The number of urea groups is 1. The fraction of sp³-hybridized carbons (Fsp3) is 0.615. The Balaban J connectivity index is 1.83. The van der Waals surface area contributed by atoms with E-state index in [0.717, 1.165) is 19.3 Å².